The summed E-state index contributed by atoms with van der Waals surface area (Å²) in [5.74, 6) is 0.789. The van der Waals surface area contributed by atoms with Gasteiger partial charge in [0.1, 0.15) is 41.4 Å². The first-order valence-electron chi connectivity index (χ1n) is 18.7. The van der Waals surface area contributed by atoms with Gasteiger partial charge in [-0.15, -0.1) is 0 Å². The Morgan fingerprint density at radius 1 is 0.852 bits per heavy atom. The normalized spacial score (nSPS) is 17.6. The molecule has 1 N–H and O–H groups in total. The molecule has 8 rings (SSSR count). The maximum atomic E-state index is 13.9. The number of imidazole rings is 1. The molecular formula is C44H38ClN5NaO9P. The number of aromatic nitrogens is 4. The van der Waals surface area contributed by atoms with Crippen LogP contribution in [0.4, 0.5) is 5.82 Å². The molecule has 5 aromatic carbocycles. The van der Waals surface area contributed by atoms with Crippen LogP contribution in [0.25, 0.3) is 11.2 Å². The van der Waals surface area contributed by atoms with Gasteiger partial charge in [-0.1, -0.05) is 109 Å². The predicted octanol–water partition coefficient (Wildman–Crippen LogP) is 4.45. The summed E-state index contributed by atoms with van der Waals surface area (Å²) in [4.78, 5) is 28.8. The molecule has 0 amide bonds. The minimum Gasteiger partial charge on any atom is -0.858 e. The van der Waals surface area contributed by atoms with Crippen molar-refractivity contribution >= 4 is 42.3 Å². The van der Waals surface area contributed by atoms with E-state index in [1.165, 1.54) is 24.8 Å². The number of fused-ring (bicyclic) bond motifs is 1. The number of methoxy groups -OCH3 is 2. The van der Waals surface area contributed by atoms with Crippen LogP contribution in [0.15, 0.2) is 151 Å². The van der Waals surface area contributed by atoms with Gasteiger partial charge in [-0.2, -0.15) is 0 Å². The van der Waals surface area contributed by atoms with Gasteiger partial charge in [0.2, 0.25) is 0 Å². The molecule has 2 aromatic heterocycles. The minimum atomic E-state index is -4.92. The van der Waals surface area contributed by atoms with E-state index in [1.807, 2.05) is 78.9 Å². The molecule has 1 fully saturated rings. The van der Waals surface area contributed by atoms with E-state index in [0.717, 1.165) is 16.7 Å². The fourth-order valence-corrected chi connectivity index (χ4v) is 8.45. The zero-order valence-electron chi connectivity index (χ0n) is 33.3. The van der Waals surface area contributed by atoms with Crippen molar-refractivity contribution in [2.75, 3.05) is 27.4 Å². The van der Waals surface area contributed by atoms with Gasteiger partial charge in [-0.05, 0) is 64.5 Å². The summed E-state index contributed by atoms with van der Waals surface area (Å²) in [5.41, 5.74) is 1.95. The number of phosphoric ester groups is 1. The van der Waals surface area contributed by atoms with E-state index in [2.05, 4.69) is 19.9 Å². The molecule has 4 atom stereocenters. The Hall–Kier alpha value is -5.12. The number of ether oxygens (including phenoxy) is 4. The number of aliphatic imine (C=N–C) groups is 1. The smallest absolute Gasteiger partial charge is 0.858 e. The van der Waals surface area contributed by atoms with E-state index in [9.17, 15) is 14.6 Å². The molecule has 1 unspecified atom stereocenters. The SMILES string of the molecule is COc1ccc(C(OC[C@H]2OC[C@@H](n3cnc4c(N=C([O-])c5ccccc5)ncnc43)[C@@H]2OP(=O)(O)Oc2ccccc2Cl)(c2ccccc2)c2ccc(OC)cc2)cc1.[Na+]. The van der Waals surface area contributed by atoms with Crippen LogP contribution in [-0.4, -0.2) is 70.0 Å². The summed E-state index contributed by atoms with van der Waals surface area (Å²) in [5, 5.41) is 13.2. The molecule has 0 saturated carbocycles. The number of phosphoric acid groups is 1. The monoisotopic (exact) mass is 869 g/mol. The van der Waals surface area contributed by atoms with E-state index < -0.39 is 37.6 Å². The molecule has 17 heteroatoms. The standard InChI is InChI=1S/C44H39ClN5O9P.Na/c1-54-33-21-17-31(18-22-33)44(30-13-7-4-8-14-30,32-19-23-34(55-2)24-20-32)57-26-38-40(59-60(52,53)58-37-16-10-9-15-35(37)45)36(25-56-38)50-28-48-39-41(46-27-47-42(39)50)49-43(51)29-11-5-3-6-12-29;/h3-24,27-28,36,38,40H,25-26H2,1-2H3,(H,52,53)(H,46,47,49,51);/q;+1/p-1/t36-,38-,40+;/m1./s1. The summed E-state index contributed by atoms with van der Waals surface area (Å²) in [6, 6.07) is 38.8. The number of hydrogen-bond donors (Lipinski definition) is 1. The quantitative estimate of drug-likeness (QED) is 0.0506. The van der Waals surface area contributed by atoms with Crippen LogP contribution in [-0.2, 0) is 24.2 Å². The Balaban J connectivity index is 0.00000561. The van der Waals surface area contributed by atoms with Gasteiger partial charge in [0.15, 0.2) is 17.0 Å². The van der Waals surface area contributed by atoms with Gasteiger partial charge in [0.25, 0.3) is 0 Å². The summed E-state index contributed by atoms with van der Waals surface area (Å²) in [7, 11) is -1.73. The van der Waals surface area contributed by atoms with Gasteiger partial charge in [0, 0.05) is 0 Å². The van der Waals surface area contributed by atoms with E-state index in [1.54, 1.807) is 61.3 Å². The summed E-state index contributed by atoms with van der Waals surface area (Å²) >= 11 is 6.32. The maximum Gasteiger partial charge on any atom is 1.00 e. The van der Waals surface area contributed by atoms with Crippen LogP contribution < -0.4 is 48.7 Å². The van der Waals surface area contributed by atoms with Crippen LogP contribution in [0.3, 0.4) is 0 Å². The molecule has 0 bridgehead atoms. The Kier molecular flexibility index (Phi) is 13.9. The van der Waals surface area contributed by atoms with E-state index >= 15 is 0 Å². The van der Waals surface area contributed by atoms with Crippen LogP contribution >= 0.6 is 19.4 Å². The summed E-state index contributed by atoms with van der Waals surface area (Å²) in [6.07, 6.45) is 0.550. The van der Waals surface area contributed by atoms with E-state index in [-0.39, 0.29) is 70.5 Å². The van der Waals surface area contributed by atoms with Crippen LogP contribution in [0.1, 0.15) is 28.3 Å². The fraction of sp³-hybridized carbons (Fsp3) is 0.182. The summed E-state index contributed by atoms with van der Waals surface area (Å²) in [6.45, 7) is -0.187. The van der Waals surface area contributed by atoms with Crippen molar-refractivity contribution in [3.05, 3.63) is 173 Å². The Morgan fingerprint density at radius 2 is 1.44 bits per heavy atom. The second-order valence-electron chi connectivity index (χ2n) is 13.6. The van der Waals surface area contributed by atoms with Gasteiger partial charge in [-0.25, -0.2) is 24.5 Å². The second kappa shape index (κ2) is 19.3. The van der Waals surface area contributed by atoms with Crippen molar-refractivity contribution in [1.29, 1.82) is 0 Å². The molecule has 1 aliphatic heterocycles. The molecule has 306 valence electrons. The summed E-state index contributed by atoms with van der Waals surface area (Å²) < 4.78 is 51.7. The van der Waals surface area contributed by atoms with Crippen LogP contribution in [0.2, 0.25) is 5.02 Å². The van der Waals surface area contributed by atoms with Crippen molar-refractivity contribution in [3.63, 3.8) is 0 Å². The zero-order chi connectivity index (χ0) is 41.7. The number of hydrogen-bond acceptors (Lipinski definition) is 12. The van der Waals surface area contributed by atoms with E-state index in [4.69, 9.17) is 39.6 Å². The number of nitrogens with zero attached hydrogens (tertiary/aromatic N) is 5. The largest absolute Gasteiger partial charge is 1.00 e. The van der Waals surface area contributed by atoms with Crippen LogP contribution in [0.5, 0.6) is 17.2 Å². The average Bonchev–Trinajstić information content (AvgIpc) is 3.89. The fourth-order valence-electron chi connectivity index (χ4n) is 7.18. The Labute approximate surface area is 378 Å². The molecule has 0 aliphatic carbocycles. The topological polar surface area (TPSA) is 172 Å². The third-order valence-corrected chi connectivity index (χ3v) is 11.3. The number of rotatable bonds is 15. The van der Waals surface area contributed by atoms with E-state index in [0.29, 0.717) is 17.1 Å². The van der Waals surface area contributed by atoms with Crippen LogP contribution in [0, 0.1) is 0 Å². The van der Waals surface area contributed by atoms with Crippen molar-refractivity contribution in [2.24, 2.45) is 4.99 Å². The maximum absolute atomic E-state index is 13.9. The predicted molar refractivity (Wildman–Crippen MR) is 222 cm³/mol. The van der Waals surface area contributed by atoms with Gasteiger partial charge < -0.3 is 33.1 Å². The third-order valence-electron chi connectivity index (χ3n) is 10.1. The Morgan fingerprint density at radius 3 is 2.07 bits per heavy atom. The number of halogens is 1. The first kappa shape index (κ1) is 44.0. The zero-order valence-corrected chi connectivity index (χ0v) is 36.9. The minimum absolute atomic E-state index is 0. The number of para-hydroxylation sites is 1. The molecule has 3 heterocycles. The van der Waals surface area contributed by atoms with Crippen molar-refractivity contribution < 1.29 is 72.1 Å². The molecular weight excluding hydrogens is 832 g/mol. The molecule has 0 radical (unpaired) electrons. The first-order chi connectivity index (χ1) is 29.2. The molecule has 7 aromatic rings. The second-order valence-corrected chi connectivity index (χ2v) is 15.4. The molecule has 61 heavy (non-hydrogen) atoms. The van der Waals surface area contributed by atoms with Crippen molar-refractivity contribution in [3.8, 4) is 17.2 Å². The van der Waals surface area contributed by atoms with Gasteiger partial charge >= 0.3 is 37.4 Å². The first-order valence-corrected chi connectivity index (χ1v) is 20.6. The third kappa shape index (κ3) is 9.38. The number of benzene rings is 5. The van der Waals surface area contributed by atoms with Gasteiger partial charge in [0.05, 0.1) is 44.8 Å². The van der Waals surface area contributed by atoms with Crippen molar-refractivity contribution in [1.82, 2.24) is 19.5 Å². The molecule has 14 nitrogen and oxygen atoms in total. The van der Waals surface area contributed by atoms with Crippen molar-refractivity contribution in [2.45, 2.75) is 23.9 Å². The Bertz CT molecular complexity index is 2590. The average molecular weight is 870 g/mol. The molecule has 0 spiro atoms. The molecule has 1 aliphatic rings. The van der Waals surface area contributed by atoms with Gasteiger partial charge in [-0.3, -0.25) is 9.42 Å². The molecule has 1 saturated heterocycles.